The first-order valence-corrected chi connectivity index (χ1v) is 9.27. The number of hydrogen-bond donors (Lipinski definition) is 0. The van der Waals surface area contributed by atoms with Crippen LogP contribution in [0.5, 0.6) is 0 Å². The first-order chi connectivity index (χ1) is 13.1. The topological polar surface area (TPSA) is 87.7 Å². The van der Waals surface area contributed by atoms with E-state index in [1.165, 1.54) is 12.5 Å². The van der Waals surface area contributed by atoms with Crippen molar-refractivity contribution < 1.29 is 14.0 Å². The molecule has 3 amide bonds. The van der Waals surface area contributed by atoms with Gasteiger partial charge in [-0.1, -0.05) is 0 Å². The normalized spacial score (nSPS) is 19.7. The zero-order chi connectivity index (χ0) is 19.0. The minimum absolute atomic E-state index is 0.00428. The van der Waals surface area contributed by atoms with E-state index in [1.54, 1.807) is 30.0 Å². The molecule has 2 aromatic rings. The van der Waals surface area contributed by atoms with Crippen molar-refractivity contribution in [2.24, 2.45) is 0 Å². The van der Waals surface area contributed by atoms with Crippen LogP contribution in [-0.2, 0) is 13.1 Å². The lowest BCUT2D eigenvalue weighted by atomic mass is 10.0. The lowest BCUT2D eigenvalue weighted by Crippen LogP contribution is -2.45. The number of hydrogen-bond acceptors (Lipinski definition) is 5. The highest BCUT2D eigenvalue weighted by Crippen LogP contribution is 2.32. The highest BCUT2D eigenvalue weighted by molar-refractivity contribution is 5.93. The summed E-state index contributed by atoms with van der Waals surface area (Å²) in [4.78, 5) is 30.4. The minimum Gasteiger partial charge on any atom is -0.472 e. The molecule has 9 heteroatoms. The molecule has 2 aliphatic heterocycles. The van der Waals surface area contributed by atoms with Crippen LogP contribution in [0, 0.1) is 0 Å². The Morgan fingerprint density at radius 2 is 2.04 bits per heavy atom. The molecular formula is C18H24N6O3. The van der Waals surface area contributed by atoms with E-state index in [2.05, 4.69) is 14.8 Å². The molecule has 0 N–H and O–H groups in total. The predicted octanol–water partition coefficient (Wildman–Crippen LogP) is 1.74. The Hall–Kier alpha value is -2.84. The van der Waals surface area contributed by atoms with E-state index in [-0.39, 0.29) is 18.0 Å². The van der Waals surface area contributed by atoms with Crippen molar-refractivity contribution in [2.45, 2.75) is 38.4 Å². The maximum absolute atomic E-state index is 12.6. The molecule has 0 saturated carbocycles. The summed E-state index contributed by atoms with van der Waals surface area (Å²) in [6.45, 7) is 2.35. The Labute approximate surface area is 157 Å². The second kappa shape index (κ2) is 7.05. The summed E-state index contributed by atoms with van der Waals surface area (Å²) in [5, 5.41) is 8.74. The molecule has 9 nitrogen and oxygen atoms in total. The van der Waals surface area contributed by atoms with Gasteiger partial charge in [-0.2, -0.15) is 0 Å². The summed E-state index contributed by atoms with van der Waals surface area (Å²) in [6, 6.07) is 1.61. The molecule has 0 bridgehead atoms. The average molecular weight is 372 g/mol. The molecule has 0 spiro atoms. The number of fused-ring (bicyclic) bond motifs is 1. The quantitative estimate of drug-likeness (QED) is 0.801. The van der Waals surface area contributed by atoms with E-state index < -0.39 is 0 Å². The van der Waals surface area contributed by atoms with Gasteiger partial charge in [-0.25, -0.2) is 4.79 Å². The van der Waals surface area contributed by atoms with E-state index in [0.717, 1.165) is 37.5 Å². The van der Waals surface area contributed by atoms with Crippen LogP contribution >= 0.6 is 0 Å². The van der Waals surface area contributed by atoms with Gasteiger partial charge in [-0.15, -0.1) is 10.2 Å². The molecule has 144 valence electrons. The first-order valence-electron chi connectivity index (χ1n) is 9.27. The monoisotopic (exact) mass is 372 g/mol. The highest BCUT2D eigenvalue weighted by atomic mass is 16.3. The molecule has 0 aromatic carbocycles. The number of urea groups is 1. The second-order valence-corrected chi connectivity index (χ2v) is 7.25. The van der Waals surface area contributed by atoms with E-state index in [1.807, 2.05) is 4.90 Å². The molecule has 1 saturated heterocycles. The van der Waals surface area contributed by atoms with Crippen LogP contribution in [0.2, 0.25) is 0 Å². The van der Waals surface area contributed by atoms with Crippen molar-refractivity contribution in [2.75, 3.05) is 27.2 Å². The van der Waals surface area contributed by atoms with E-state index in [0.29, 0.717) is 25.2 Å². The third kappa shape index (κ3) is 3.17. The zero-order valence-electron chi connectivity index (χ0n) is 15.7. The van der Waals surface area contributed by atoms with Crippen LogP contribution in [0.3, 0.4) is 0 Å². The molecule has 4 heterocycles. The molecule has 2 aliphatic rings. The third-order valence-electron chi connectivity index (χ3n) is 5.27. The zero-order valence-corrected chi connectivity index (χ0v) is 15.7. The summed E-state index contributed by atoms with van der Waals surface area (Å²) in [7, 11) is 3.54. The smallest absolute Gasteiger partial charge is 0.320 e. The Kier molecular flexibility index (Phi) is 4.59. The van der Waals surface area contributed by atoms with Crippen LogP contribution in [-0.4, -0.2) is 68.6 Å². The number of furan rings is 1. The highest BCUT2D eigenvalue weighted by Gasteiger charge is 2.35. The fraction of sp³-hybridized carbons (Fsp3) is 0.556. The van der Waals surface area contributed by atoms with E-state index >= 15 is 0 Å². The van der Waals surface area contributed by atoms with Gasteiger partial charge in [0.05, 0.1) is 24.4 Å². The number of carbonyl (C=O) groups excluding carboxylic acids is 2. The number of piperidine rings is 1. The lowest BCUT2D eigenvalue weighted by molar-refractivity contribution is 0.0702. The Morgan fingerprint density at radius 1 is 1.19 bits per heavy atom. The van der Waals surface area contributed by atoms with Gasteiger partial charge >= 0.3 is 6.03 Å². The summed E-state index contributed by atoms with van der Waals surface area (Å²) in [6.07, 6.45) is 5.91. The van der Waals surface area contributed by atoms with Crippen molar-refractivity contribution in [3.63, 3.8) is 0 Å². The number of nitrogens with zero attached hydrogens (tertiary/aromatic N) is 6. The van der Waals surface area contributed by atoms with Crippen LogP contribution in [0.15, 0.2) is 23.0 Å². The fourth-order valence-corrected chi connectivity index (χ4v) is 3.85. The summed E-state index contributed by atoms with van der Waals surface area (Å²) < 4.78 is 7.09. The number of carbonyl (C=O) groups is 2. The molecule has 2 aromatic heterocycles. The largest absolute Gasteiger partial charge is 0.472 e. The first kappa shape index (κ1) is 17.6. The average Bonchev–Trinajstić information content (AvgIpc) is 3.36. The van der Waals surface area contributed by atoms with Gasteiger partial charge in [0, 0.05) is 33.7 Å². The third-order valence-corrected chi connectivity index (χ3v) is 5.27. The summed E-state index contributed by atoms with van der Waals surface area (Å²) in [5.74, 6) is 1.52. The second-order valence-electron chi connectivity index (χ2n) is 7.25. The van der Waals surface area contributed by atoms with Crippen LogP contribution < -0.4 is 0 Å². The van der Waals surface area contributed by atoms with Gasteiger partial charge in [0.2, 0.25) is 0 Å². The minimum atomic E-state index is -0.0679. The molecule has 1 fully saturated rings. The molecular weight excluding hydrogens is 348 g/mol. The van der Waals surface area contributed by atoms with Gasteiger partial charge in [-0.05, 0) is 25.3 Å². The van der Waals surface area contributed by atoms with Gasteiger partial charge in [0.25, 0.3) is 5.91 Å². The van der Waals surface area contributed by atoms with E-state index in [9.17, 15) is 9.59 Å². The van der Waals surface area contributed by atoms with Gasteiger partial charge in [0.15, 0.2) is 11.6 Å². The van der Waals surface area contributed by atoms with Crippen molar-refractivity contribution in [1.29, 1.82) is 0 Å². The molecule has 0 radical (unpaired) electrons. The van der Waals surface area contributed by atoms with Crippen LogP contribution in [0.4, 0.5) is 4.79 Å². The van der Waals surface area contributed by atoms with Gasteiger partial charge < -0.3 is 23.7 Å². The van der Waals surface area contributed by atoms with Gasteiger partial charge in [0.1, 0.15) is 6.26 Å². The Bertz CT molecular complexity index is 828. The summed E-state index contributed by atoms with van der Waals surface area (Å²) >= 11 is 0. The fourth-order valence-electron chi connectivity index (χ4n) is 3.85. The number of rotatable bonds is 2. The Balaban J connectivity index is 1.56. The standard InChI is InChI=1S/C18H24N6O3/c1-21(2)18(26)23-7-4-3-5-14(23)16-20-19-15-11-22(8-9-24(15)16)17(25)13-6-10-27-12-13/h6,10,12,14H,3-5,7-9,11H2,1-2H3. The molecule has 1 unspecified atom stereocenters. The van der Waals surface area contributed by atoms with Crippen molar-refractivity contribution in [1.82, 2.24) is 29.5 Å². The predicted molar refractivity (Wildman–Crippen MR) is 95.9 cm³/mol. The van der Waals surface area contributed by atoms with Crippen LogP contribution in [0.1, 0.15) is 47.3 Å². The molecule has 4 rings (SSSR count). The number of aromatic nitrogens is 3. The SMILES string of the molecule is CN(C)C(=O)N1CCCCC1c1nnc2n1CCN(C(=O)c1ccoc1)C2. The van der Waals surface area contributed by atoms with Gasteiger partial charge in [-0.3, -0.25) is 4.79 Å². The Morgan fingerprint density at radius 3 is 2.78 bits per heavy atom. The number of likely N-dealkylation sites (tertiary alicyclic amines) is 1. The van der Waals surface area contributed by atoms with Crippen molar-refractivity contribution in [3.05, 3.63) is 35.8 Å². The maximum Gasteiger partial charge on any atom is 0.320 e. The van der Waals surface area contributed by atoms with E-state index in [4.69, 9.17) is 4.42 Å². The summed E-state index contributed by atoms with van der Waals surface area (Å²) in [5.41, 5.74) is 0.540. The number of amides is 3. The molecule has 27 heavy (non-hydrogen) atoms. The van der Waals surface area contributed by atoms with Crippen molar-refractivity contribution >= 4 is 11.9 Å². The molecule has 1 atom stereocenters. The maximum atomic E-state index is 12.6. The lowest BCUT2D eigenvalue weighted by Gasteiger charge is -2.37. The van der Waals surface area contributed by atoms with Crippen LogP contribution in [0.25, 0.3) is 0 Å². The molecule has 0 aliphatic carbocycles. The van der Waals surface area contributed by atoms with Crippen molar-refractivity contribution in [3.8, 4) is 0 Å².